The molecule has 0 spiro atoms. The number of carbonyl (C=O) groups is 2. The van der Waals surface area contributed by atoms with E-state index in [1.165, 1.54) is 0 Å². The maximum Gasteiger partial charge on any atom is 0.306 e. The number of nitrogens with one attached hydrogen (secondary N) is 2. The number of hydrogen-bond donors (Lipinski definition) is 3. The number of rotatable bonds is 8. The van der Waals surface area contributed by atoms with Crippen molar-refractivity contribution in [3.8, 4) is 0 Å². The van der Waals surface area contributed by atoms with Crippen LogP contribution in [0, 0.1) is 11.8 Å². The van der Waals surface area contributed by atoms with E-state index in [1.807, 2.05) is 0 Å². The van der Waals surface area contributed by atoms with Crippen LogP contribution in [0.2, 0.25) is 0 Å². The van der Waals surface area contributed by atoms with Crippen molar-refractivity contribution in [2.75, 3.05) is 13.1 Å². The molecular formula is C14H26N2O3. The molecule has 0 aromatic carbocycles. The lowest BCUT2D eigenvalue weighted by atomic mass is 9.96. The highest BCUT2D eigenvalue weighted by Gasteiger charge is 2.32. The van der Waals surface area contributed by atoms with Crippen molar-refractivity contribution < 1.29 is 14.7 Å². The van der Waals surface area contributed by atoms with Gasteiger partial charge in [-0.15, -0.1) is 0 Å². The van der Waals surface area contributed by atoms with Crippen LogP contribution in [-0.4, -0.2) is 36.1 Å². The van der Waals surface area contributed by atoms with Gasteiger partial charge in [0.25, 0.3) is 0 Å². The van der Waals surface area contributed by atoms with Crippen LogP contribution in [-0.2, 0) is 9.59 Å². The molecule has 110 valence electrons. The minimum Gasteiger partial charge on any atom is -0.481 e. The van der Waals surface area contributed by atoms with Crippen molar-refractivity contribution in [3.63, 3.8) is 0 Å². The van der Waals surface area contributed by atoms with Crippen LogP contribution in [0.1, 0.15) is 46.0 Å². The summed E-state index contributed by atoms with van der Waals surface area (Å²) in [7, 11) is 0. The van der Waals surface area contributed by atoms with Crippen LogP contribution in [0.15, 0.2) is 0 Å². The fourth-order valence-corrected chi connectivity index (χ4v) is 2.58. The normalized spacial score (nSPS) is 22.7. The molecule has 1 rings (SSSR count). The second kappa shape index (κ2) is 8.15. The first-order valence-electron chi connectivity index (χ1n) is 7.23. The van der Waals surface area contributed by atoms with Crippen molar-refractivity contribution in [2.45, 2.75) is 52.0 Å². The third-order valence-corrected chi connectivity index (χ3v) is 3.67. The molecule has 5 heteroatoms. The van der Waals surface area contributed by atoms with Gasteiger partial charge in [0.2, 0.25) is 5.91 Å². The van der Waals surface area contributed by atoms with Crippen LogP contribution in [0.4, 0.5) is 0 Å². The molecule has 1 amide bonds. The molecule has 0 aromatic rings. The van der Waals surface area contributed by atoms with E-state index in [4.69, 9.17) is 5.11 Å². The molecule has 1 aliphatic rings. The van der Waals surface area contributed by atoms with Gasteiger partial charge in [-0.05, 0) is 31.7 Å². The molecule has 0 radical (unpaired) electrons. The first kappa shape index (κ1) is 16.0. The Morgan fingerprint density at radius 1 is 1.32 bits per heavy atom. The quantitative estimate of drug-likeness (QED) is 0.582. The molecule has 19 heavy (non-hydrogen) atoms. The summed E-state index contributed by atoms with van der Waals surface area (Å²) >= 11 is 0. The van der Waals surface area contributed by atoms with E-state index in [2.05, 4.69) is 24.5 Å². The lowest BCUT2D eigenvalue weighted by Gasteiger charge is -2.16. The average Bonchev–Trinajstić information content (AvgIpc) is 2.80. The van der Waals surface area contributed by atoms with Gasteiger partial charge in [0.1, 0.15) is 0 Å². The zero-order chi connectivity index (χ0) is 14.3. The lowest BCUT2D eigenvalue weighted by Crippen LogP contribution is -2.33. The van der Waals surface area contributed by atoms with Gasteiger partial charge in [0, 0.05) is 19.0 Å². The molecule has 1 saturated carbocycles. The molecule has 3 N–H and O–H groups in total. The number of carboxylic acids is 1. The first-order chi connectivity index (χ1) is 9.00. The van der Waals surface area contributed by atoms with Gasteiger partial charge in [-0.1, -0.05) is 20.3 Å². The standard InChI is InChI=1S/C14H26N2O3/c1-10(2)15-8-4-7-13(17)16-9-11-5-3-6-12(11)14(18)19/h10-12,15H,3-9H2,1-2H3,(H,16,17)(H,18,19). The fraction of sp³-hybridized carbons (Fsp3) is 0.857. The predicted octanol–water partition coefficient (Wildman–Crippen LogP) is 1.38. The molecular weight excluding hydrogens is 244 g/mol. The Labute approximate surface area is 115 Å². The monoisotopic (exact) mass is 270 g/mol. The highest BCUT2D eigenvalue weighted by molar-refractivity contribution is 5.76. The van der Waals surface area contributed by atoms with E-state index in [0.717, 1.165) is 32.2 Å². The maximum atomic E-state index is 11.6. The molecule has 0 heterocycles. The van der Waals surface area contributed by atoms with Gasteiger partial charge in [-0.2, -0.15) is 0 Å². The smallest absolute Gasteiger partial charge is 0.306 e. The van der Waals surface area contributed by atoms with E-state index in [1.54, 1.807) is 0 Å². The number of aliphatic carboxylic acids is 1. The Balaban J connectivity index is 2.14. The van der Waals surface area contributed by atoms with Crippen LogP contribution in [0.25, 0.3) is 0 Å². The Bertz CT molecular complexity index is 305. The number of amides is 1. The SMILES string of the molecule is CC(C)NCCCC(=O)NCC1CCCC1C(=O)O. The summed E-state index contributed by atoms with van der Waals surface area (Å²) in [5.74, 6) is -0.863. The lowest BCUT2D eigenvalue weighted by molar-refractivity contribution is -0.143. The fourth-order valence-electron chi connectivity index (χ4n) is 2.58. The summed E-state index contributed by atoms with van der Waals surface area (Å²) in [5.41, 5.74) is 0. The van der Waals surface area contributed by atoms with E-state index < -0.39 is 5.97 Å². The highest BCUT2D eigenvalue weighted by atomic mass is 16.4. The van der Waals surface area contributed by atoms with E-state index in [0.29, 0.717) is 19.0 Å². The van der Waals surface area contributed by atoms with Crippen molar-refractivity contribution in [1.29, 1.82) is 0 Å². The number of carboxylic acid groups (broad SMARTS) is 1. The number of hydrogen-bond acceptors (Lipinski definition) is 3. The molecule has 1 fully saturated rings. The van der Waals surface area contributed by atoms with Crippen LogP contribution < -0.4 is 10.6 Å². The molecule has 0 aromatic heterocycles. The van der Waals surface area contributed by atoms with Crippen molar-refractivity contribution in [1.82, 2.24) is 10.6 Å². The number of carbonyl (C=O) groups excluding carboxylic acids is 1. The summed E-state index contributed by atoms with van der Waals surface area (Å²) in [4.78, 5) is 22.6. The zero-order valence-electron chi connectivity index (χ0n) is 11.9. The summed E-state index contributed by atoms with van der Waals surface area (Å²) in [6.07, 6.45) is 3.93. The second-order valence-corrected chi connectivity index (χ2v) is 5.65. The average molecular weight is 270 g/mol. The molecule has 2 unspecified atom stereocenters. The molecule has 1 aliphatic carbocycles. The third kappa shape index (κ3) is 6.05. The Kier molecular flexibility index (Phi) is 6.84. The Hall–Kier alpha value is -1.10. The minimum atomic E-state index is -0.724. The summed E-state index contributed by atoms with van der Waals surface area (Å²) in [6.45, 7) is 5.50. The van der Waals surface area contributed by atoms with Crippen molar-refractivity contribution in [2.24, 2.45) is 11.8 Å². The van der Waals surface area contributed by atoms with Crippen LogP contribution >= 0.6 is 0 Å². The van der Waals surface area contributed by atoms with Crippen LogP contribution in [0.3, 0.4) is 0 Å². The van der Waals surface area contributed by atoms with Gasteiger partial charge < -0.3 is 15.7 Å². The molecule has 0 aliphatic heterocycles. The first-order valence-corrected chi connectivity index (χ1v) is 7.23. The van der Waals surface area contributed by atoms with Crippen LogP contribution in [0.5, 0.6) is 0 Å². The van der Waals surface area contributed by atoms with Crippen molar-refractivity contribution >= 4 is 11.9 Å². The second-order valence-electron chi connectivity index (χ2n) is 5.65. The third-order valence-electron chi connectivity index (χ3n) is 3.67. The van der Waals surface area contributed by atoms with Gasteiger partial charge in [-0.25, -0.2) is 0 Å². The topological polar surface area (TPSA) is 78.4 Å². The van der Waals surface area contributed by atoms with E-state index in [9.17, 15) is 9.59 Å². The summed E-state index contributed by atoms with van der Waals surface area (Å²) in [6, 6.07) is 0.442. The summed E-state index contributed by atoms with van der Waals surface area (Å²) in [5, 5.41) is 15.2. The highest BCUT2D eigenvalue weighted by Crippen LogP contribution is 2.31. The van der Waals surface area contributed by atoms with Gasteiger partial charge in [0.15, 0.2) is 0 Å². The molecule has 5 nitrogen and oxygen atoms in total. The molecule has 0 bridgehead atoms. The summed E-state index contributed by atoms with van der Waals surface area (Å²) < 4.78 is 0. The Morgan fingerprint density at radius 2 is 2.05 bits per heavy atom. The maximum absolute atomic E-state index is 11.6. The predicted molar refractivity (Wildman–Crippen MR) is 73.8 cm³/mol. The molecule has 0 saturated heterocycles. The van der Waals surface area contributed by atoms with Crippen molar-refractivity contribution in [3.05, 3.63) is 0 Å². The van der Waals surface area contributed by atoms with E-state index in [-0.39, 0.29) is 17.7 Å². The van der Waals surface area contributed by atoms with E-state index >= 15 is 0 Å². The zero-order valence-corrected chi connectivity index (χ0v) is 11.9. The van der Waals surface area contributed by atoms with Gasteiger partial charge >= 0.3 is 5.97 Å². The Morgan fingerprint density at radius 3 is 2.68 bits per heavy atom. The van der Waals surface area contributed by atoms with Gasteiger partial charge in [-0.3, -0.25) is 9.59 Å². The van der Waals surface area contributed by atoms with Gasteiger partial charge in [0.05, 0.1) is 5.92 Å². The largest absolute Gasteiger partial charge is 0.481 e. The minimum absolute atomic E-state index is 0.0293. The molecule has 2 atom stereocenters.